The standard InChI is InChI=1S/C18H24N2O2/c1-12-8-13(2)10-14(9-12)19-17(21)15-11-16(15)18(22)20-6-4-3-5-7-20/h8-10,15-16H,3-7,11H2,1-2H3,(H,19,21). The molecule has 1 aliphatic carbocycles. The molecule has 4 nitrogen and oxygen atoms in total. The molecule has 1 saturated carbocycles. The molecule has 2 amide bonds. The average Bonchev–Trinajstić information content (AvgIpc) is 3.27. The zero-order valence-corrected chi connectivity index (χ0v) is 13.4. The number of nitrogens with zero attached hydrogens (tertiary/aromatic N) is 1. The lowest BCUT2D eigenvalue weighted by molar-refractivity contribution is -0.134. The summed E-state index contributed by atoms with van der Waals surface area (Å²) in [5.74, 6) is -0.0696. The molecule has 1 aromatic carbocycles. The first-order valence-electron chi connectivity index (χ1n) is 8.22. The largest absolute Gasteiger partial charge is 0.342 e. The van der Waals surface area contributed by atoms with E-state index >= 15 is 0 Å². The van der Waals surface area contributed by atoms with E-state index < -0.39 is 0 Å². The predicted molar refractivity (Wildman–Crippen MR) is 86.6 cm³/mol. The first-order chi connectivity index (χ1) is 10.5. The summed E-state index contributed by atoms with van der Waals surface area (Å²) >= 11 is 0. The van der Waals surface area contributed by atoms with Crippen LogP contribution in [0, 0.1) is 25.7 Å². The monoisotopic (exact) mass is 300 g/mol. The lowest BCUT2D eigenvalue weighted by Gasteiger charge is -2.26. The minimum absolute atomic E-state index is 0.0136. The van der Waals surface area contributed by atoms with Gasteiger partial charge in [-0.25, -0.2) is 0 Å². The van der Waals surface area contributed by atoms with Gasteiger partial charge in [0.2, 0.25) is 11.8 Å². The quantitative estimate of drug-likeness (QED) is 0.933. The van der Waals surface area contributed by atoms with Gasteiger partial charge in [0.1, 0.15) is 0 Å². The van der Waals surface area contributed by atoms with Gasteiger partial charge in [0.05, 0.1) is 11.8 Å². The van der Waals surface area contributed by atoms with Gasteiger partial charge in [-0.05, 0) is 62.8 Å². The lowest BCUT2D eigenvalue weighted by atomic mass is 10.1. The number of benzene rings is 1. The van der Waals surface area contributed by atoms with E-state index in [1.807, 2.05) is 30.9 Å². The highest BCUT2D eigenvalue weighted by atomic mass is 16.2. The van der Waals surface area contributed by atoms with Crippen molar-refractivity contribution >= 4 is 17.5 Å². The fourth-order valence-corrected chi connectivity index (χ4v) is 3.39. The number of rotatable bonds is 3. The van der Waals surface area contributed by atoms with Crippen LogP contribution in [0.4, 0.5) is 5.69 Å². The molecular weight excluding hydrogens is 276 g/mol. The maximum atomic E-state index is 12.4. The number of anilines is 1. The SMILES string of the molecule is Cc1cc(C)cc(NC(=O)C2CC2C(=O)N2CCCCC2)c1. The Kier molecular flexibility index (Phi) is 4.19. The van der Waals surface area contributed by atoms with Crippen LogP contribution in [0.25, 0.3) is 0 Å². The van der Waals surface area contributed by atoms with Crippen LogP contribution in [0.15, 0.2) is 18.2 Å². The van der Waals surface area contributed by atoms with Crippen molar-refractivity contribution in [2.75, 3.05) is 18.4 Å². The molecule has 22 heavy (non-hydrogen) atoms. The van der Waals surface area contributed by atoms with Crippen LogP contribution in [0.5, 0.6) is 0 Å². The summed E-state index contributed by atoms with van der Waals surface area (Å²) in [5.41, 5.74) is 3.10. The molecule has 118 valence electrons. The summed E-state index contributed by atoms with van der Waals surface area (Å²) in [6, 6.07) is 6.01. The van der Waals surface area contributed by atoms with Crippen molar-refractivity contribution < 1.29 is 9.59 Å². The van der Waals surface area contributed by atoms with Crippen LogP contribution in [0.2, 0.25) is 0 Å². The Labute approximate surface area is 131 Å². The van der Waals surface area contributed by atoms with E-state index in [2.05, 4.69) is 11.4 Å². The molecule has 1 saturated heterocycles. The zero-order chi connectivity index (χ0) is 15.7. The topological polar surface area (TPSA) is 49.4 Å². The van der Waals surface area contributed by atoms with Gasteiger partial charge in [-0.1, -0.05) is 6.07 Å². The molecule has 2 unspecified atom stereocenters. The maximum absolute atomic E-state index is 12.4. The van der Waals surface area contributed by atoms with Gasteiger partial charge in [0.25, 0.3) is 0 Å². The number of carbonyl (C=O) groups is 2. The molecule has 1 aliphatic heterocycles. The average molecular weight is 300 g/mol. The number of aryl methyl sites for hydroxylation is 2. The molecule has 0 bridgehead atoms. The Morgan fingerprint density at radius 2 is 1.64 bits per heavy atom. The van der Waals surface area contributed by atoms with Crippen LogP contribution in [0.3, 0.4) is 0 Å². The van der Waals surface area contributed by atoms with E-state index in [4.69, 9.17) is 0 Å². The molecule has 1 N–H and O–H groups in total. The van der Waals surface area contributed by atoms with Crippen molar-refractivity contribution in [1.82, 2.24) is 4.90 Å². The summed E-state index contributed by atoms with van der Waals surface area (Å²) in [7, 11) is 0. The zero-order valence-electron chi connectivity index (χ0n) is 13.4. The Morgan fingerprint density at radius 1 is 1.00 bits per heavy atom. The summed E-state index contributed by atoms with van der Waals surface area (Å²) in [5, 5.41) is 2.96. The van der Waals surface area contributed by atoms with Crippen molar-refractivity contribution in [3.05, 3.63) is 29.3 Å². The summed E-state index contributed by atoms with van der Waals surface area (Å²) in [6.45, 7) is 5.76. The second-order valence-corrected chi connectivity index (χ2v) is 6.70. The van der Waals surface area contributed by atoms with Crippen LogP contribution in [0.1, 0.15) is 36.8 Å². The number of nitrogens with one attached hydrogen (secondary N) is 1. The minimum Gasteiger partial charge on any atom is -0.342 e. The second-order valence-electron chi connectivity index (χ2n) is 6.70. The molecule has 1 heterocycles. The molecule has 3 rings (SSSR count). The number of hydrogen-bond donors (Lipinski definition) is 1. The number of hydrogen-bond acceptors (Lipinski definition) is 2. The molecule has 2 atom stereocenters. The van der Waals surface area contributed by atoms with Gasteiger partial charge in [-0.15, -0.1) is 0 Å². The van der Waals surface area contributed by atoms with E-state index in [0.717, 1.165) is 42.7 Å². The molecule has 1 aromatic rings. The highest BCUT2D eigenvalue weighted by Crippen LogP contribution is 2.41. The third kappa shape index (κ3) is 3.32. The maximum Gasteiger partial charge on any atom is 0.228 e. The fraction of sp³-hybridized carbons (Fsp3) is 0.556. The molecule has 0 aromatic heterocycles. The number of carbonyl (C=O) groups excluding carboxylic acids is 2. The Bertz CT molecular complexity index is 570. The van der Waals surface area contributed by atoms with Crippen LogP contribution in [-0.4, -0.2) is 29.8 Å². The van der Waals surface area contributed by atoms with Crippen molar-refractivity contribution in [2.45, 2.75) is 39.5 Å². The van der Waals surface area contributed by atoms with E-state index in [0.29, 0.717) is 6.42 Å². The van der Waals surface area contributed by atoms with E-state index in [-0.39, 0.29) is 23.7 Å². The number of amides is 2. The molecule has 2 fully saturated rings. The normalized spacial score (nSPS) is 24.0. The molecule has 0 radical (unpaired) electrons. The Hall–Kier alpha value is -1.84. The van der Waals surface area contributed by atoms with E-state index in [1.54, 1.807) is 0 Å². The fourth-order valence-electron chi connectivity index (χ4n) is 3.39. The molecule has 2 aliphatic rings. The molecular formula is C18H24N2O2. The second kappa shape index (κ2) is 6.11. The van der Waals surface area contributed by atoms with Crippen molar-refractivity contribution in [1.29, 1.82) is 0 Å². The highest BCUT2D eigenvalue weighted by Gasteiger charge is 2.49. The summed E-state index contributed by atoms with van der Waals surface area (Å²) in [6.07, 6.45) is 4.10. The number of piperidine rings is 1. The highest BCUT2D eigenvalue weighted by molar-refractivity contribution is 5.99. The summed E-state index contributed by atoms with van der Waals surface area (Å²) < 4.78 is 0. The third-order valence-corrected chi connectivity index (χ3v) is 4.60. The van der Waals surface area contributed by atoms with Gasteiger partial charge in [-0.3, -0.25) is 9.59 Å². The van der Waals surface area contributed by atoms with Crippen LogP contribution in [-0.2, 0) is 9.59 Å². The van der Waals surface area contributed by atoms with Gasteiger partial charge in [0.15, 0.2) is 0 Å². The van der Waals surface area contributed by atoms with Crippen molar-refractivity contribution in [2.24, 2.45) is 11.8 Å². The Balaban J connectivity index is 1.57. The molecule has 0 spiro atoms. The third-order valence-electron chi connectivity index (χ3n) is 4.60. The van der Waals surface area contributed by atoms with Crippen LogP contribution < -0.4 is 5.32 Å². The van der Waals surface area contributed by atoms with Crippen LogP contribution >= 0.6 is 0 Å². The van der Waals surface area contributed by atoms with Gasteiger partial charge >= 0.3 is 0 Å². The lowest BCUT2D eigenvalue weighted by Crippen LogP contribution is -2.37. The van der Waals surface area contributed by atoms with Gasteiger partial charge in [-0.2, -0.15) is 0 Å². The van der Waals surface area contributed by atoms with Crippen molar-refractivity contribution in [3.8, 4) is 0 Å². The van der Waals surface area contributed by atoms with E-state index in [9.17, 15) is 9.59 Å². The summed E-state index contributed by atoms with van der Waals surface area (Å²) in [4.78, 5) is 26.6. The molecule has 4 heteroatoms. The smallest absolute Gasteiger partial charge is 0.228 e. The minimum atomic E-state index is -0.143. The van der Waals surface area contributed by atoms with Crippen molar-refractivity contribution in [3.63, 3.8) is 0 Å². The Morgan fingerprint density at radius 3 is 2.27 bits per heavy atom. The first kappa shape index (κ1) is 15.1. The van der Waals surface area contributed by atoms with E-state index in [1.165, 1.54) is 6.42 Å². The predicted octanol–water partition coefficient (Wildman–Crippen LogP) is 2.89. The number of likely N-dealkylation sites (tertiary alicyclic amines) is 1. The van der Waals surface area contributed by atoms with Gasteiger partial charge < -0.3 is 10.2 Å². The van der Waals surface area contributed by atoms with Gasteiger partial charge in [0, 0.05) is 18.8 Å². The first-order valence-corrected chi connectivity index (χ1v) is 8.22.